The molecule has 0 aromatic heterocycles. The van der Waals surface area contributed by atoms with Crippen LogP contribution < -0.4 is 11.1 Å². The molecule has 0 aliphatic heterocycles. The average Bonchev–Trinajstić information content (AvgIpc) is 2.27. The molecule has 1 rings (SSSR count). The Morgan fingerprint density at radius 3 is 2.53 bits per heavy atom. The number of aryl methyl sites for hydroxylation is 1. The molecule has 0 aliphatic rings. The number of nitrogens with one attached hydrogen (secondary N) is 1. The molecular formula is C12H14N2O5. The highest BCUT2D eigenvalue weighted by molar-refractivity contribution is 5.98. The first-order valence-electron chi connectivity index (χ1n) is 5.42. The Hall–Kier alpha value is -2.57. The summed E-state index contributed by atoms with van der Waals surface area (Å²) in [5.74, 6) is -1.95. The standard InChI is InChI=1S/C12H14N2O5/c1-6-3-4-8(9(15)5-6)11(17)19-7(2)10(16)14-12(13)18/h3-5,7,15H,1-2H3,(H3,13,14,16,18). The van der Waals surface area contributed by atoms with Crippen LogP contribution in [0.3, 0.4) is 0 Å². The molecule has 4 N–H and O–H groups in total. The van der Waals surface area contributed by atoms with Crippen molar-refractivity contribution >= 4 is 17.9 Å². The number of benzene rings is 1. The number of amides is 3. The molecule has 0 fully saturated rings. The molecule has 0 saturated heterocycles. The van der Waals surface area contributed by atoms with E-state index in [1.54, 1.807) is 18.3 Å². The number of rotatable bonds is 3. The van der Waals surface area contributed by atoms with Crippen LogP contribution in [0.5, 0.6) is 5.75 Å². The topological polar surface area (TPSA) is 119 Å². The van der Waals surface area contributed by atoms with Gasteiger partial charge in [-0.25, -0.2) is 9.59 Å². The van der Waals surface area contributed by atoms with Gasteiger partial charge in [0.05, 0.1) is 0 Å². The number of carbonyl (C=O) groups excluding carboxylic acids is 3. The second kappa shape index (κ2) is 5.85. The molecule has 0 heterocycles. The van der Waals surface area contributed by atoms with Crippen LogP contribution in [0.1, 0.15) is 22.8 Å². The minimum absolute atomic E-state index is 0.0654. The van der Waals surface area contributed by atoms with Gasteiger partial charge in [0.2, 0.25) is 0 Å². The molecule has 1 aromatic carbocycles. The average molecular weight is 266 g/mol. The van der Waals surface area contributed by atoms with Crippen LogP contribution in [0.4, 0.5) is 4.79 Å². The van der Waals surface area contributed by atoms with Gasteiger partial charge in [-0.3, -0.25) is 10.1 Å². The summed E-state index contributed by atoms with van der Waals surface area (Å²) in [4.78, 5) is 33.5. The van der Waals surface area contributed by atoms with E-state index in [0.717, 1.165) is 5.56 Å². The number of aromatic hydroxyl groups is 1. The van der Waals surface area contributed by atoms with Gasteiger partial charge in [-0.05, 0) is 31.5 Å². The van der Waals surface area contributed by atoms with E-state index >= 15 is 0 Å². The van der Waals surface area contributed by atoms with Crippen molar-refractivity contribution < 1.29 is 24.2 Å². The lowest BCUT2D eigenvalue weighted by atomic mass is 10.1. The SMILES string of the molecule is Cc1ccc(C(=O)OC(C)C(=O)NC(N)=O)c(O)c1. The fourth-order valence-corrected chi connectivity index (χ4v) is 1.31. The van der Waals surface area contributed by atoms with Crippen molar-refractivity contribution in [1.29, 1.82) is 0 Å². The third kappa shape index (κ3) is 3.98. The molecule has 1 atom stereocenters. The Kier molecular flexibility index (Phi) is 4.46. The molecule has 0 radical (unpaired) electrons. The number of nitrogens with two attached hydrogens (primary N) is 1. The van der Waals surface area contributed by atoms with Gasteiger partial charge in [-0.15, -0.1) is 0 Å². The lowest BCUT2D eigenvalue weighted by molar-refractivity contribution is -0.127. The fourth-order valence-electron chi connectivity index (χ4n) is 1.31. The van der Waals surface area contributed by atoms with E-state index in [2.05, 4.69) is 0 Å². The summed E-state index contributed by atoms with van der Waals surface area (Å²) in [6, 6.07) is 3.35. The van der Waals surface area contributed by atoms with E-state index in [1.165, 1.54) is 19.1 Å². The molecule has 3 amide bonds. The quantitative estimate of drug-likeness (QED) is 0.686. The highest BCUT2D eigenvalue weighted by Gasteiger charge is 2.21. The van der Waals surface area contributed by atoms with Crippen LogP contribution in [-0.4, -0.2) is 29.1 Å². The third-order valence-electron chi connectivity index (χ3n) is 2.27. The minimum Gasteiger partial charge on any atom is -0.507 e. The third-order valence-corrected chi connectivity index (χ3v) is 2.27. The van der Waals surface area contributed by atoms with Crippen LogP contribution in [0.2, 0.25) is 0 Å². The lowest BCUT2D eigenvalue weighted by Gasteiger charge is -2.12. The van der Waals surface area contributed by atoms with Gasteiger partial charge >= 0.3 is 12.0 Å². The molecule has 0 saturated carbocycles. The van der Waals surface area contributed by atoms with Crippen LogP contribution in [0.15, 0.2) is 18.2 Å². The van der Waals surface area contributed by atoms with Gasteiger partial charge in [0.15, 0.2) is 6.10 Å². The maximum Gasteiger partial charge on any atom is 0.342 e. The largest absolute Gasteiger partial charge is 0.507 e. The number of urea groups is 1. The number of primary amides is 1. The van der Waals surface area contributed by atoms with Crippen LogP contribution in [-0.2, 0) is 9.53 Å². The predicted octanol–water partition coefficient (Wildman–Crippen LogP) is 0.441. The van der Waals surface area contributed by atoms with Crippen molar-refractivity contribution in [3.63, 3.8) is 0 Å². The number of carbonyl (C=O) groups is 3. The van der Waals surface area contributed by atoms with Crippen molar-refractivity contribution in [2.75, 3.05) is 0 Å². The van der Waals surface area contributed by atoms with Gasteiger partial charge in [-0.2, -0.15) is 0 Å². The Labute approximate surface area is 109 Å². The number of hydrogen-bond acceptors (Lipinski definition) is 5. The summed E-state index contributed by atoms with van der Waals surface area (Å²) >= 11 is 0. The first-order chi connectivity index (χ1) is 8.81. The van der Waals surface area contributed by atoms with Crippen molar-refractivity contribution in [3.05, 3.63) is 29.3 Å². The smallest absolute Gasteiger partial charge is 0.342 e. The molecule has 19 heavy (non-hydrogen) atoms. The summed E-state index contributed by atoms with van der Waals surface area (Å²) in [7, 11) is 0. The number of ether oxygens (including phenoxy) is 1. The molecule has 1 aromatic rings. The van der Waals surface area contributed by atoms with Gasteiger partial charge in [0.1, 0.15) is 11.3 Å². The molecule has 7 nitrogen and oxygen atoms in total. The Balaban J connectivity index is 2.74. The van der Waals surface area contributed by atoms with Crippen LogP contribution in [0, 0.1) is 6.92 Å². The molecule has 102 valence electrons. The second-order valence-corrected chi connectivity index (χ2v) is 3.92. The molecule has 1 unspecified atom stereocenters. The van der Waals surface area contributed by atoms with Gasteiger partial charge < -0.3 is 15.6 Å². The lowest BCUT2D eigenvalue weighted by Crippen LogP contribution is -2.42. The minimum atomic E-state index is -1.21. The van der Waals surface area contributed by atoms with E-state index in [4.69, 9.17) is 10.5 Å². The number of imide groups is 1. The van der Waals surface area contributed by atoms with E-state index in [1.807, 2.05) is 0 Å². The summed E-state index contributed by atoms with van der Waals surface area (Å²) in [6.45, 7) is 3.03. The van der Waals surface area contributed by atoms with Crippen molar-refractivity contribution in [2.24, 2.45) is 5.73 Å². The maximum atomic E-state index is 11.7. The maximum absolute atomic E-state index is 11.7. The van der Waals surface area contributed by atoms with Gasteiger partial charge in [-0.1, -0.05) is 6.07 Å². The highest BCUT2D eigenvalue weighted by atomic mass is 16.5. The molecule has 7 heteroatoms. The molecular weight excluding hydrogens is 252 g/mol. The van der Waals surface area contributed by atoms with Crippen molar-refractivity contribution in [3.8, 4) is 5.75 Å². The fraction of sp³-hybridized carbons (Fsp3) is 0.250. The van der Waals surface area contributed by atoms with E-state index in [9.17, 15) is 19.5 Å². The zero-order valence-corrected chi connectivity index (χ0v) is 10.5. The van der Waals surface area contributed by atoms with Crippen molar-refractivity contribution in [2.45, 2.75) is 20.0 Å². The van der Waals surface area contributed by atoms with Crippen LogP contribution >= 0.6 is 0 Å². The monoisotopic (exact) mass is 266 g/mol. The van der Waals surface area contributed by atoms with Crippen LogP contribution in [0.25, 0.3) is 0 Å². The normalized spacial score (nSPS) is 11.5. The first-order valence-corrected chi connectivity index (χ1v) is 5.42. The number of esters is 1. The van der Waals surface area contributed by atoms with Gasteiger partial charge in [0.25, 0.3) is 5.91 Å². The van der Waals surface area contributed by atoms with E-state index in [-0.39, 0.29) is 11.3 Å². The summed E-state index contributed by atoms with van der Waals surface area (Å²) in [6.07, 6.45) is -1.21. The van der Waals surface area contributed by atoms with E-state index in [0.29, 0.717) is 0 Å². The summed E-state index contributed by atoms with van der Waals surface area (Å²) in [5, 5.41) is 11.4. The Morgan fingerprint density at radius 1 is 1.37 bits per heavy atom. The van der Waals surface area contributed by atoms with Crippen molar-refractivity contribution in [1.82, 2.24) is 5.32 Å². The number of phenols is 1. The summed E-state index contributed by atoms with van der Waals surface area (Å²) < 4.78 is 4.80. The first kappa shape index (κ1) is 14.5. The van der Waals surface area contributed by atoms with Gasteiger partial charge in [0, 0.05) is 0 Å². The number of hydrogen-bond donors (Lipinski definition) is 3. The summed E-state index contributed by atoms with van der Waals surface area (Å²) in [5.41, 5.74) is 5.47. The highest BCUT2D eigenvalue weighted by Crippen LogP contribution is 2.19. The molecule has 0 aliphatic carbocycles. The molecule has 0 spiro atoms. The Bertz CT molecular complexity index is 527. The van der Waals surface area contributed by atoms with E-state index < -0.39 is 24.0 Å². The molecule has 0 bridgehead atoms. The number of phenolic OH excluding ortho intramolecular Hbond substituents is 1. The second-order valence-electron chi connectivity index (χ2n) is 3.92. The zero-order chi connectivity index (χ0) is 14.6. The predicted molar refractivity (Wildman–Crippen MR) is 65.4 cm³/mol. The zero-order valence-electron chi connectivity index (χ0n) is 10.5. The Morgan fingerprint density at radius 2 is 2.00 bits per heavy atom.